The maximum atomic E-state index is 12.6. The summed E-state index contributed by atoms with van der Waals surface area (Å²) in [5, 5.41) is 2.91. The average Bonchev–Trinajstić information content (AvgIpc) is 2.57. The third-order valence-corrected chi connectivity index (χ3v) is 4.67. The molecule has 0 aromatic heterocycles. The minimum absolute atomic E-state index is 0.0317. The molecule has 132 valence electrons. The third kappa shape index (κ3) is 4.57. The molecule has 1 saturated heterocycles. The molecule has 0 spiro atoms. The number of nitrogens with zero attached hydrogens (tertiary/aromatic N) is 2. The van der Waals surface area contributed by atoms with Crippen molar-refractivity contribution in [2.75, 3.05) is 26.2 Å². The second kappa shape index (κ2) is 8.83. The molecule has 1 heterocycles. The normalized spacial score (nSPS) is 18.3. The van der Waals surface area contributed by atoms with Crippen LogP contribution in [0.5, 0.6) is 0 Å². The summed E-state index contributed by atoms with van der Waals surface area (Å²) in [6, 6.07) is 7.84. The lowest BCUT2D eigenvalue weighted by Crippen LogP contribution is -2.56. The lowest BCUT2D eigenvalue weighted by Gasteiger charge is -2.36. The van der Waals surface area contributed by atoms with E-state index in [2.05, 4.69) is 36.2 Å². The van der Waals surface area contributed by atoms with Crippen LogP contribution in [0.15, 0.2) is 24.3 Å². The quantitative estimate of drug-likeness (QED) is 0.831. The molecule has 0 bridgehead atoms. The summed E-state index contributed by atoms with van der Waals surface area (Å²) < 4.78 is 0. The maximum Gasteiger partial charge on any atom is 0.237 e. The molecule has 1 fully saturated rings. The Hall–Kier alpha value is -1.88. The Labute approximate surface area is 145 Å². The highest BCUT2D eigenvalue weighted by Crippen LogP contribution is 2.17. The first-order chi connectivity index (χ1) is 11.6. The monoisotopic (exact) mass is 331 g/mol. The average molecular weight is 331 g/mol. The largest absolute Gasteiger partial charge is 0.353 e. The van der Waals surface area contributed by atoms with Crippen LogP contribution in [0.3, 0.4) is 0 Å². The predicted molar refractivity (Wildman–Crippen MR) is 95.5 cm³/mol. The fourth-order valence-corrected chi connectivity index (χ4v) is 3.20. The first-order valence-corrected chi connectivity index (χ1v) is 8.90. The summed E-state index contributed by atoms with van der Waals surface area (Å²) in [7, 11) is 0. The number of piperazine rings is 1. The highest BCUT2D eigenvalue weighted by atomic mass is 16.2. The fraction of sp³-hybridized carbons (Fsp3) is 0.579. The van der Waals surface area contributed by atoms with E-state index in [1.165, 1.54) is 11.1 Å². The van der Waals surface area contributed by atoms with Gasteiger partial charge in [-0.3, -0.25) is 14.5 Å². The van der Waals surface area contributed by atoms with E-state index >= 15 is 0 Å². The number of benzene rings is 1. The van der Waals surface area contributed by atoms with Gasteiger partial charge in [-0.1, -0.05) is 31.2 Å². The van der Waals surface area contributed by atoms with Crippen molar-refractivity contribution in [2.45, 2.75) is 46.2 Å². The Kier molecular flexibility index (Phi) is 6.79. The molecule has 24 heavy (non-hydrogen) atoms. The van der Waals surface area contributed by atoms with Gasteiger partial charge in [-0.15, -0.1) is 0 Å². The first-order valence-electron chi connectivity index (χ1n) is 8.90. The van der Waals surface area contributed by atoms with Crippen molar-refractivity contribution in [2.24, 2.45) is 0 Å². The van der Waals surface area contributed by atoms with Gasteiger partial charge in [0.1, 0.15) is 0 Å². The van der Waals surface area contributed by atoms with Gasteiger partial charge in [0.25, 0.3) is 0 Å². The van der Waals surface area contributed by atoms with E-state index < -0.39 is 0 Å². The number of hydrogen-bond acceptors (Lipinski definition) is 3. The third-order valence-electron chi connectivity index (χ3n) is 4.67. The van der Waals surface area contributed by atoms with Crippen LogP contribution in [0, 0.1) is 6.92 Å². The Balaban J connectivity index is 2.10. The van der Waals surface area contributed by atoms with E-state index in [-0.39, 0.29) is 24.3 Å². The summed E-state index contributed by atoms with van der Waals surface area (Å²) in [4.78, 5) is 28.9. The molecule has 1 aromatic rings. The minimum atomic E-state index is -0.378. The lowest BCUT2D eigenvalue weighted by atomic mass is 10.0. The van der Waals surface area contributed by atoms with Gasteiger partial charge in [0.05, 0.1) is 12.5 Å². The van der Waals surface area contributed by atoms with Crippen molar-refractivity contribution in [3.05, 3.63) is 35.4 Å². The van der Waals surface area contributed by atoms with E-state index in [0.29, 0.717) is 19.6 Å². The number of nitrogens with one attached hydrogen (secondary N) is 1. The molecule has 2 rings (SSSR count). The van der Waals surface area contributed by atoms with Crippen LogP contribution in [0.1, 0.15) is 37.8 Å². The van der Waals surface area contributed by atoms with Gasteiger partial charge in [-0.2, -0.15) is 0 Å². The zero-order valence-corrected chi connectivity index (χ0v) is 15.0. The van der Waals surface area contributed by atoms with Crippen molar-refractivity contribution in [1.82, 2.24) is 15.1 Å². The summed E-state index contributed by atoms with van der Waals surface area (Å²) >= 11 is 0. The Morgan fingerprint density at radius 2 is 2.08 bits per heavy atom. The molecule has 1 aromatic carbocycles. The van der Waals surface area contributed by atoms with E-state index in [9.17, 15) is 9.59 Å². The molecule has 0 radical (unpaired) electrons. The zero-order valence-electron chi connectivity index (χ0n) is 15.0. The maximum absolute atomic E-state index is 12.6. The van der Waals surface area contributed by atoms with Crippen molar-refractivity contribution in [1.29, 1.82) is 0 Å². The number of carbonyl (C=O) groups is 2. The summed E-state index contributed by atoms with van der Waals surface area (Å²) in [5.41, 5.74) is 2.43. The van der Waals surface area contributed by atoms with Gasteiger partial charge < -0.3 is 10.2 Å². The number of aryl methyl sites for hydroxylation is 1. The van der Waals surface area contributed by atoms with Crippen LogP contribution in [-0.2, 0) is 16.1 Å². The van der Waals surface area contributed by atoms with Crippen molar-refractivity contribution < 1.29 is 9.59 Å². The number of amides is 2. The molecule has 1 N–H and O–H groups in total. The Morgan fingerprint density at radius 1 is 1.33 bits per heavy atom. The van der Waals surface area contributed by atoms with Crippen LogP contribution in [0.4, 0.5) is 0 Å². The van der Waals surface area contributed by atoms with Crippen LogP contribution in [0.2, 0.25) is 0 Å². The van der Waals surface area contributed by atoms with Crippen molar-refractivity contribution in [3.63, 3.8) is 0 Å². The van der Waals surface area contributed by atoms with Crippen LogP contribution in [0.25, 0.3) is 0 Å². The van der Waals surface area contributed by atoms with Crippen molar-refractivity contribution >= 4 is 11.8 Å². The summed E-state index contributed by atoms with van der Waals surface area (Å²) in [6.07, 6.45) is 1.19. The number of rotatable bonds is 7. The molecule has 2 amide bonds. The standard InChI is InChI=1S/C19H29N3O2/c1-4-11-21(5-2)18(23)13-17-19(24)20-10-12-22(17)14-16-9-7-6-8-15(16)3/h6-9,17H,4-5,10-14H2,1-3H3,(H,20,24)/t17-/m1/s1. The predicted octanol–water partition coefficient (Wildman–Crippen LogP) is 1.94. The van der Waals surface area contributed by atoms with Crippen molar-refractivity contribution in [3.8, 4) is 0 Å². The molecule has 1 aliphatic heterocycles. The fourth-order valence-electron chi connectivity index (χ4n) is 3.20. The molecule has 5 heteroatoms. The second-order valence-corrected chi connectivity index (χ2v) is 6.38. The van der Waals surface area contributed by atoms with E-state index in [4.69, 9.17) is 0 Å². The first kappa shape index (κ1) is 18.5. The minimum Gasteiger partial charge on any atom is -0.353 e. The number of hydrogen-bond donors (Lipinski definition) is 1. The van der Waals surface area contributed by atoms with E-state index in [0.717, 1.165) is 19.5 Å². The van der Waals surface area contributed by atoms with E-state index in [1.54, 1.807) is 0 Å². The SMILES string of the molecule is CCCN(CC)C(=O)C[C@@H]1C(=O)NCCN1Cc1ccccc1C. The van der Waals surface area contributed by atoms with E-state index in [1.807, 2.05) is 24.0 Å². The van der Waals surface area contributed by atoms with Gasteiger partial charge in [-0.25, -0.2) is 0 Å². The summed E-state index contributed by atoms with van der Waals surface area (Å²) in [5.74, 6) is 0.0342. The van der Waals surface area contributed by atoms with Gasteiger partial charge in [0.2, 0.25) is 11.8 Å². The highest BCUT2D eigenvalue weighted by Gasteiger charge is 2.32. The van der Waals surface area contributed by atoms with Crippen LogP contribution in [-0.4, -0.2) is 53.8 Å². The zero-order chi connectivity index (χ0) is 17.5. The molecular formula is C19H29N3O2. The Morgan fingerprint density at radius 3 is 2.75 bits per heavy atom. The molecule has 1 aliphatic rings. The molecule has 1 atom stereocenters. The molecular weight excluding hydrogens is 302 g/mol. The molecule has 0 unspecified atom stereocenters. The topological polar surface area (TPSA) is 52.7 Å². The highest BCUT2D eigenvalue weighted by molar-refractivity contribution is 5.88. The number of carbonyl (C=O) groups excluding carboxylic acids is 2. The van der Waals surface area contributed by atoms with Crippen LogP contribution >= 0.6 is 0 Å². The van der Waals surface area contributed by atoms with Gasteiger partial charge in [0, 0.05) is 32.7 Å². The lowest BCUT2D eigenvalue weighted by molar-refractivity contribution is -0.139. The molecule has 5 nitrogen and oxygen atoms in total. The van der Waals surface area contributed by atoms with Gasteiger partial charge in [0.15, 0.2) is 0 Å². The second-order valence-electron chi connectivity index (χ2n) is 6.38. The van der Waals surface area contributed by atoms with Gasteiger partial charge >= 0.3 is 0 Å². The smallest absolute Gasteiger partial charge is 0.237 e. The van der Waals surface area contributed by atoms with Crippen LogP contribution < -0.4 is 5.32 Å². The van der Waals surface area contributed by atoms with Gasteiger partial charge in [-0.05, 0) is 31.4 Å². The Bertz CT molecular complexity index is 573. The molecule has 0 saturated carbocycles. The molecule has 0 aliphatic carbocycles. The summed E-state index contributed by atoms with van der Waals surface area (Å²) in [6.45, 7) is 9.70.